The van der Waals surface area contributed by atoms with E-state index in [1.54, 1.807) is 0 Å². The molecule has 1 heterocycles. The zero-order valence-corrected chi connectivity index (χ0v) is 7.43. The molecular formula is C7H9NO6. The molecule has 7 heteroatoms. The Hall–Kier alpha value is -1.63. The second-order valence-corrected chi connectivity index (χ2v) is 2.62. The minimum atomic E-state index is -1.62. The lowest BCUT2D eigenvalue weighted by molar-refractivity contribution is -0.160. The summed E-state index contributed by atoms with van der Waals surface area (Å²) in [5, 5.41) is 8.42. The van der Waals surface area contributed by atoms with Crippen LogP contribution < -0.4 is 0 Å². The van der Waals surface area contributed by atoms with Gasteiger partial charge in [0.1, 0.15) is 6.73 Å². The first-order valence-corrected chi connectivity index (χ1v) is 3.77. The summed E-state index contributed by atoms with van der Waals surface area (Å²) >= 11 is 0. The van der Waals surface area contributed by atoms with Gasteiger partial charge in [0, 0.05) is 0 Å². The summed E-state index contributed by atoms with van der Waals surface area (Å²) in [4.78, 5) is 33.2. The molecule has 0 aromatic rings. The van der Waals surface area contributed by atoms with Gasteiger partial charge >= 0.3 is 17.8 Å². The third-order valence-corrected chi connectivity index (χ3v) is 1.80. The Balaban J connectivity index is 2.73. The van der Waals surface area contributed by atoms with Crippen LogP contribution in [0.4, 0.5) is 0 Å². The number of carboxylic acids is 1. The van der Waals surface area contributed by atoms with E-state index in [1.807, 2.05) is 0 Å². The van der Waals surface area contributed by atoms with Crippen molar-refractivity contribution in [2.24, 2.45) is 0 Å². The van der Waals surface area contributed by atoms with E-state index >= 15 is 0 Å². The molecule has 1 aliphatic heterocycles. The fourth-order valence-electron chi connectivity index (χ4n) is 1.10. The lowest BCUT2D eigenvalue weighted by atomic mass is 10.3. The Morgan fingerprint density at radius 3 is 2.64 bits per heavy atom. The fraction of sp³-hybridized carbons (Fsp3) is 0.571. The lowest BCUT2D eigenvalue weighted by Gasteiger charge is -2.17. The first-order chi connectivity index (χ1) is 6.57. The van der Waals surface area contributed by atoms with Crippen molar-refractivity contribution in [3.05, 3.63) is 0 Å². The summed E-state index contributed by atoms with van der Waals surface area (Å²) in [7, 11) is 1.16. The van der Waals surface area contributed by atoms with Crippen LogP contribution in [-0.4, -0.2) is 54.3 Å². The maximum atomic E-state index is 11.1. The normalized spacial score (nSPS) is 20.6. The monoisotopic (exact) mass is 203 g/mol. The summed E-state index contributed by atoms with van der Waals surface area (Å²) in [6, 6.07) is -0.955. The van der Waals surface area contributed by atoms with E-state index in [4.69, 9.17) is 9.84 Å². The number of ether oxygens (including phenoxy) is 2. The number of methoxy groups -OCH3 is 1. The van der Waals surface area contributed by atoms with Gasteiger partial charge in [-0.2, -0.15) is 0 Å². The molecule has 0 bridgehead atoms. The van der Waals surface area contributed by atoms with Gasteiger partial charge in [-0.25, -0.2) is 9.59 Å². The van der Waals surface area contributed by atoms with Crippen molar-refractivity contribution in [2.45, 2.75) is 6.04 Å². The van der Waals surface area contributed by atoms with Crippen molar-refractivity contribution >= 4 is 17.8 Å². The molecule has 0 saturated carbocycles. The van der Waals surface area contributed by atoms with Crippen LogP contribution in [0.25, 0.3) is 0 Å². The number of rotatable bonds is 1. The Kier molecular flexibility index (Phi) is 3.03. The van der Waals surface area contributed by atoms with Crippen LogP contribution in [0.3, 0.4) is 0 Å². The molecule has 1 aliphatic rings. The topological polar surface area (TPSA) is 93.1 Å². The van der Waals surface area contributed by atoms with Crippen LogP contribution in [-0.2, 0) is 23.9 Å². The maximum Gasteiger partial charge on any atom is 0.394 e. The van der Waals surface area contributed by atoms with Gasteiger partial charge in [0.2, 0.25) is 0 Å². The molecule has 0 aliphatic carbocycles. The third kappa shape index (κ3) is 1.82. The largest absolute Gasteiger partial charge is 0.474 e. The first kappa shape index (κ1) is 10.5. The molecule has 7 nitrogen and oxygen atoms in total. The van der Waals surface area contributed by atoms with Crippen LogP contribution in [0, 0.1) is 0 Å². The number of hydrogen-bond donors (Lipinski definition) is 1. The van der Waals surface area contributed by atoms with Gasteiger partial charge < -0.3 is 14.6 Å². The van der Waals surface area contributed by atoms with Crippen molar-refractivity contribution in [1.82, 2.24) is 4.90 Å². The molecule has 0 aromatic carbocycles. The standard InChI is InChI=1S/C7H9NO6/c1-13-7(12)4-2-14-3-8(4)5(9)6(10)11/h4H,2-3H2,1H3,(H,10,11). The van der Waals surface area contributed by atoms with Gasteiger partial charge in [0.15, 0.2) is 6.04 Å². The first-order valence-electron chi connectivity index (χ1n) is 3.77. The van der Waals surface area contributed by atoms with Gasteiger partial charge in [-0.15, -0.1) is 0 Å². The molecule has 0 aromatic heterocycles. The zero-order chi connectivity index (χ0) is 10.7. The highest BCUT2D eigenvalue weighted by Gasteiger charge is 2.38. The highest BCUT2D eigenvalue weighted by atomic mass is 16.5. The van der Waals surface area contributed by atoms with Crippen LogP contribution in [0.2, 0.25) is 0 Å². The van der Waals surface area contributed by atoms with E-state index in [9.17, 15) is 14.4 Å². The molecule has 1 atom stereocenters. The molecule has 1 rings (SSSR count). The van der Waals surface area contributed by atoms with E-state index in [0.29, 0.717) is 0 Å². The number of amides is 1. The minimum absolute atomic E-state index is 0.0360. The van der Waals surface area contributed by atoms with Gasteiger partial charge in [-0.1, -0.05) is 0 Å². The molecule has 1 fully saturated rings. The Morgan fingerprint density at radius 2 is 2.14 bits per heavy atom. The van der Waals surface area contributed by atoms with Crippen LogP contribution in [0.1, 0.15) is 0 Å². The number of carbonyl (C=O) groups is 3. The smallest absolute Gasteiger partial charge is 0.394 e. The highest BCUT2D eigenvalue weighted by Crippen LogP contribution is 2.11. The van der Waals surface area contributed by atoms with Crippen LogP contribution >= 0.6 is 0 Å². The van der Waals surface area contributed by atoms with Crippen LogP contribution in [0.5, 0.6) is 0 Å². The molecular weight excluding hydrogens is 194 g/mol. The average Bonchev–Trinajstić information content (AvgIpc) is 2.63. The molecule has 78 valence electrons. The Bertz CT molecular complexity index is 275. The summed E-state index contributed by atoms with van der Waals surface area (Å²) in [5.74, 6) is -3.47. The molecule has 1 saturated heterocycles. The lowest BCUT2D eigenvalue weighted by Crippen LogP contribution is -2.45. The predicted molar refractivity (Wildman–Crippen MR) is 41.1 cm³/mol. The quantitative estimate of drug-likeness (QED) is 0.408. The second kappa shape index (κ2) is 4.05. The van der Waals surface area contributed by atoms with E-state index in [0.717, 1.165) is 12.0 Å². The molecule has 0 radical (unpaired) electrons. The third-order valence-electron chi connectivity index (χ3n) is 1.80. The average molecular weight is 203 g/mol. The molecule has 1 unspecified atom stereocenters. The van der Waals surface area contributed by atoms with Crippen molar-refractivity contribution in [3.63, 3.8) is 0 Å². The van der Waals surface area contributed by atoms with Crippen molar-refractivity contribution in [2.75, 3.05) is 20.4 Å². The van der Waals surface area contributed by atoms with Crippen LogP contribution in [0.15, 0.2) is 0 Å². The van der Waals surface area contributed by atoms with Crippen molar-refractivity contribution in [3.8, 4) is 0 Å². The molecule has 14 heavy (non-hydrogen) atoms. The number of carbonyl (C=O) groups excluding carboxylic acids is 2. The number of hydrogen-bond acceptors (Lipinski definition) is 5. The molecule has 1 N–H and O–H groups in total. The van der Waals surface area contributed by atoms with Gasteiger partial charge in [-0.05, 0) is 0 Å². The maximum absolute atomic E-state index is 11.1. The number of nitrogens with zero attached hydrogens (tertiary/aromatic N) is 1. The van der Waals surface area contributed by atoms with Gasteiger partial charge in [-0.3, -0.25) is 9.69 Å². The highest BCUT2D eigenvalue weighted by molar-refractivity contribution is 6.31. The minimum Gasteiger partial charge on any atom is -0.474 e. The Morgan fingerprint density at radius 1 is 1.50 bits per heavy atom. The number of carboxylic acid groups (broad SMARTS) is 1. The van der Waals surface area contributed by atoms with E-state index in [2.05, 4.69) is 4.74 Å². The summed E-state index contributed by atoms with van der Waals surface area (Å²) < 4.78 is 9.19. The van der Waals surface area contributed by atoms with E-state index in [1.165, 1.54) is 0 Å². The van der Waals surface area contributed by atoms with Crippen molar-refractivity contribution < 1.29 is 29.0 Å². The molecule has 0 spiro atoms. The van der Waals surface area contributed by atoms with Crippen molar-refractivity contribution in [1.29, 1.82) is 0 Å². The number of aliphatic carboxylic acids is 1. The summed E-state index contributed by atoms with van der Waals surface area (Å²) in [6.07, 6.45) is 0. The van der Waals surface area contributed by atoms with E-state index in [-0.39, 0.29) is 13.3 Å². The SMILES string of the molecule is COC(=O)C1COCN1C(=O)C(=O)O. The van der Waals surface area contributed by atoms with E-state index < -0.39 is 23.9 Å². The Labute approximate surface area is 79.2 Å². The van der Waals surface area contributed by atoms with Gasteiger partial charge in [0.05, 0.1) is 13.7 Å². The summed E-state index contributed by atoms with van der Waals surface area (Å²) in [5.41, 5.74) is 0. The summed E-state index contributed by atoms with van der Waals surface area (Å²) in [6.45, 7) is -0.239. The fourth-order valence-corrected chi connectivity index (χ4v) is 1.10. The second-order valence-electron chi connectivity index (χ2n) is 2.62. The number of esters is 1. The molecule has 1 amide bonds. The predicted octanol–water partition coefficient (Wildman–Crippen LogP) is -1.57. The zero-order valence-electron chi connectivity index (χ0n) is 7.43. The van der Waals surface area contributed by atoms with Gasteiger partial charge in [0.25, 0.3) is 0 Å².